The first-order valence-electron chi connectivity index (χ1n) is 5.63. The van der Waals surface area contributed by atoms with Crippen LogP contribution in [0.15, 0.2) is 5.38 Å². The Morgan fingerprint density at radius 1 is 1.47 bits per heavy atom. The normalized spacial score (nSPS) is 22.4. The molecule has 1 aromatic heterocycles. The van der Waals surface area contributed by atoms with Crippen LogP contribution in [0.1, 0.15) is 25.0 Å². The van der Waals surface area contributed by atoms with E-state index in [1.807, 2.05) is 0 Å². The molecule has 2 rings (SSSR count). The van der Waals surface area contributed by atoms with Gasteiger partial charge in [0.1, 0.15) is 0 Å². The van der Waals surface area contributed by atoms with Gasteiger partial charge in [-0.3, -0.25) is 0 Å². The minimum absolute atomic E-state index is 0.658. The molecule has 84 valence electrons. The predicted molar refractivity (Wildman–Crippen MR) is 65.8 cm³/mol. The molecular weight excluding hydrogens is 206 g/mol. The van der Waals surface area contributed by atoms with Crippen molar-refractivity contribution in [1.82, 2.24) is 10.3 Å². The summed E-state index contributed by atoms with van der Waals surface area (Å²) in [5.74, 6) is 0. The van der Waals surface area contributed by atoms with E-state index in [0.29, 0.717) is 6.04 Å². The molecule has 1 aliphatic heterocycles. The van der Waals surface area contributed by atoms with Gasteiger partial charge >= 0.3 is 0 Å². The van der Waals surface area contributed by atoms with Gasteiger partial charge in [0.2, 0.25) is 0 Å². The van der Waals surface area contributed by atoms with Gasteiger partial charge in [-0.25, -0.2) is 4.98 Å². The van der Waals surface area contributed by atoms with Gasteiger partial charge in [-0.05, 0) is 39.3 Å². The summed E-state index contributed by atoms with van der Waals surface area (Å²) < 4.78 is 0. The zero-order valence-corrected chi connectivity index (χ0v) is 10.3. The van der Waals surface area contributed by atoms with Crippen LogP contribution in [0, 0.1) is 6.92 Å². The standard InChI is InChI=1S/C11H19N3S/c1-9-8-15-11(13-9)14(2)10-4-3-6-12-7-5-10/h8,10,12H,3-7H2,1-2H3. The lowest BCUT2D eigenvalue weighted by Crippen LogP contribution is -2.32. The number of hydrogen-bond acceptors (Lipinski definition) is 4. The molecule has 0 amide bonds. The lowest BCUT2D eigenvalue weighted by Gasteiger charge is -2.26. The molecule has 0 bridgehead atoms. The number of nitrogens with one attached hydrogen (secondary N) is 1. The number of rotatable bonds is 2. The number of anilines is 1. The summed E-state index contributed by atoms with van der Waals surface area (Å²) >= 11 is 1.75. The molecule has 0 aliphatic carbocycles. The molecule has 0 saturated carbocycles. The van der Waals surface area contributed by atoms with Crippen molar-refractivity contribution in [2.75, 3.05) is 25.0 Å². The summed E-state index contributed by atoms with van der Waals surface area (Å²) in [5, 5.41) is 6.74. The van der Waals surface area contributed by atoms with E-state index in [4.69, 9.17) is 0 Å². The quantitative estimate of drug-likeness (QED) is 0.835. The third kappa shape index (κ3) is 2.69. The maximum absolute atomic E-state index is 4.54. The number of nitrogens with zero attached hydrogens (tertiary/aromatic N) is 2. The molecule has 4 heteroatoms. The second kappa shape index (κ2) is 4.94. The van der Waals surface area contributed by atoms with E-state index < -0.39 is 0 Å². The Morgan fingerprint density at radius 2 is 2.33 bits per heavy atom. The fourth-order valence-corrected chi connectivity index (χ4v) is 2.89. The SMILES string of the molecule is Cc1csc(N(C)C2CCCNCC2)n1. The van der Waals surface area contributed by atoms with Crippen molar-refractivity contribution in [2.24, 2.45) is 0 Å². The summed E-state index contributed by atoms with van der Waals surface area (Å²) in [6, 6.07) is 0.658. The minimum Gasteiger partial charge on any atom is -0.348 e. The molecule has 1 aromatic rings. The molecule has 1 fully saturated rings. The molecule has 0 radical (unpaired) electrons. The third-order valence-electron chi connectivity index (χ3n) is 3.00. The summed E-state index contributed by atoms with van der Waals surface area (Å²) in [6.07, 6.45) is 3.79. The Morgan fingerprint density at radius 3 is 3.07 bits per heavy atom. The Labute approximate surface area is 95.5 Å². The lowest BCUT2D eigenvalue weighted by molar-refractivity contribution is 0.566. The molecule has 1 saturated heterocycles. The largest absolute Gasteiger partial charge is 0.348 e. The first-order valence-corrected chi connectivity index (χ1v) is 6.51. The predicted octanol–water partition coefficient (Wildman–Crippen LogP) is 2.03. The van der Waals surface area contributed by atoms with Crippen LogP contribution in [0.5, 0.6) is 0 Å². The van der Waals surface area contributed by atoms with E-state index in [2.05, 4.69) is 34.6 Å². The van der Waals surface area contributed by atoms with Crippen molar-refractivity contribution in [3.05, 3.63) is 11.1 Å². The van der Waals surface area contributed by atoms with Gasteiger partial charge in [0.15, 0.2) is 5.13 Å². The van der Waals surface area contributed by atoms with Crippen LogP contribution in [-0.2, 0) is 0 Å². The summed E-state index contributed by atoms with van der Waals surface area (Å²) in [6.45, 7) is 4.36. The Kier molecular flexibility index (Phi) is 3.59. The monoisotopic (exact) mass is 225 g/mol. The van der Waals surface area contributed by atoms with Gasteiger partial charge < -0.3 is 10.2 Å². The number of aryl methyl sites for hydroxylation is 1. The van der Waals surface area contributed by atoms with Crippen molar-refractivity contribution in [3.63, 3.8) is 0 Å². The zero-order valence-electron chi connectivity index (χ0n) is 9.49. The maximum Gasteiger partial charge on any atom is 0.185 e. The fourth-order valence-electron chi connectivity index (χ4n) is 2.05. The Balaban J connectivity index is 2.02. The van der Waals surface area contributed by atoms with Gasteiger partial charge in [-0.15, -0.1) is 11.3 Å². The number of thiazole rings is 1. The van der Waals surface area contributed by atoms with Gasteiger partial charge in [-0.2, -0.15) is 0 Å². The molecule has 3 nitrogen and oxygen atoms in total. The first kappa shape index (κ1) is 10.9. The van der Waals surface area contributed by atoms with Crippen LogP contribution in [-0.4, -0.2) is 31.2 Å². The van der Waals surface area contributed by atoms with Gasteiger partial charge in [0.25, 0.3) is 0 Å². The number of aromatic nitrogens is 1. The van der Waals surface area contributed by atoms with E-state index in [-0.39, 0.29) is 0 Å². The topological polar surface area (TPSA) is 28.2 Å². The van der Waals surface area contributed by atoms with Gasteiger partial charge in [0, 0.05) is 18.5 Å². The van der Waals surface area contributed by atoms with Crippen LogP contribution >= 0.6 is 11.3 Å². The zero-order chi connectivity index (χ0) is 10.7. The molecule has 1 aliphatic rings. The highest BCUT2D eigenvalue weighted by Crippen LogP contribution is 2.24. The van der Waals surface area contributed by atoms with Crippen molar-refractivity contribution >= 4 is 16.5 Å². The van der Waals surface area contributed by atoms with Crippen molar-refractivity contribution in [2.45, 2.75) is 32.2 Å². The average molecular weight is 225 g/mol. The molecule has 15 heavy (non-hydrogen) atoms. The number of hydrogen-bond donors (Lipinski definition) is 1. The fraction of sp³-hybridized carbons (Fsp3) is 0.727. The van der Waals surface area contributed by atoms with Crippen LogP contribution < -0.4 is 10.2 Å². The second-order valence-corrected chi connectivity index (χ2v) is 5.05. The Bertz CT molecular complexity index is 303. The van der Waals surface area contributed by atoms with Crippen LogP contribution in [0.3, 0.4) is 0 Å². The van der Waals surface area contributed by atoms with Crippen molar-refractivity contribution in [1.29, 1.82) is 0 Å². The summed E-state index contributed by atoms with van der Waals surface area (Å²) in [4.78, 5) is 6.89. The highest BCUT2D eigenvalue weighted by Gasteiger charge is 2.18. The van der Waals surface area contributed by atoms with Crippen LogP contribution in [0.4, 0.5) is 5.13 Å². The van der Waals surface area contributed by atoms with E-state index in [9.17, 15) is 0 Å². The summed E-state index contributed by atoms with van der Waals surface area (Å²) in [5.41, 5.74) is 1.13. The Hall–Kier alpha value is -0.610. The van der Waals surface area contributed by atoms with E-state index in [1.54, 1.807) is 11.3 Å². The third-order valence-corrected chi connectivity index (χ3v) is 4.05. The van der Waals surface area contributed by atoms with E-state index >= 15 is 0 Å². The summed E-state index contributed by atoms with van der Waals surface area (Å²) in [7, 11) is 2.17. The lowest BCUT2D eigenvalue weighted by atomic mass is 10.1. The molecular formula is C11H19N3S. The van der Waals surface area contributed by atoms with E-state index in [1.165, 1.54) is 30.9 Å². The van der Waals surface area contributed by atoms with Crippen LogP contribution in [0.25, 0.3) is 0 Å². The first-order chi connectivity index (χ1) is 7.27. The molecule has 0 aromatic carbocycles. The molecule has 1 atom stereocenters. The molecule has 2 heterocycles. The minimum atomic E-state index is 0.658. The van der Waals surface area contributed by atoms with Gasteiger partial charge in [-0.1, -0.05) is 0 Å². The van der Waals surface area contributed by atoms with E-state index in [0.717, 1.165) is 12.2 Å². The highest BCUT2D eigenvalue weighted by molar-refractivity contribution is 7.13. The van der Waals surface area contributed by atoms with Crippen LogP contribution in [0.2, 0.25) is 0 Å². The molecule has 1 unspecified atom stereocenters. The highest BCUT2D eigenvalue weighted by atomic mass is 32.1. The van der Waals surface area contributed by atoms with Crippen molar-refractivity contribution in [3.8, 4) is 0 Å². The smallest absolute Gasteiger partial charge is 0.185 e. The van der Waals surface area contributed by atoms with Gasteiger partial charge in [0.05, 0.1) is 5.69 Å². The average Bonchev–Trinajstić information content (AvgIpc) is 2.53. The second-order valence-electron chi connectivity index (χ2n) is 4.22. The van der Waals surface area contributed by atoms with Crippen molar-refractivity contribution < 1.29 is 0 Å². The molecule has 1 N–H and O–H groups in total. The maximum atomic E-state index is 4.54. The molecule has 0 spiro atoms.